The summed E-state index contributed by atoms with van der Waals surface area (Å²) in [5.41, 5.74) is 6.85. The SMILES string of the molecule is Cc1c([C@H](C)[C@H]2[C@H](O)C[C@H](C)CN2C(=O)C(Cl)Cl)ccc2c1C[C@H]1[C@H]2CCC2=CC(=O)CC[C@@]21C. The second kappa shape index (κ2) is 9.19. The second-order valence-corrected chi connectivity index (χ2v) is 12.9. The number of alkyl halides is 2. The fraction of sp³-hybridized carbons (Fsp3) is 0.655. The number of benzene rings is 1. The van der Waals surface area contributed by atoms with E-state index in [-0.39, 0.29) is 35.0 Å². The number of carbonyl (C=O) groups is 2. The molecule has 3 aliphatic carbocycles. The van der Waals surface area contributed by atoms with E-state index in [4.69, 9.17) is 23.2 Å². The van der Waals surface area contributed by atoms with Crippen LogP contribution in [0.2, 0.25) is 0 Å². The average Bonchev–Trinajstić information content (AvgIpc) is 3.19. The monoisotopic (exact) mass is 517 g/mol. The lowest BCUT2D eigenvalue weighted by molar-refractivity contribution is -0.139. The van der Waals surface area contributed by atoms with Crippen molar-refractivity contribution in [3.8, 4) is 0 Å². The molecule has 1 aliphatic heterocycles. The quantitative estimate of drug-likeness (QED) is 0.511. The Morgan fingerprint density at radius 1 is 1.26 bits per heavy atom. The van der Waals surface area contributed by atoms with Crippen LogP contribution in [-0.4, -0.2) is 45.2 Å². The van der Waals surface area contributed by atoms with Crippen molar-refractivity contribution in [3.05, 3.63) is 46.0 Å². The van der Waals surface area contributed by atoms with Crippen LogP contribution in [0.4, 0.5) is 0 Å². The summed E-state index contributed by atoms with van der Waals surface area (Å²) in [6, 6.07) is 4.18. The molecular weight excluding hydrogens is 481 g/mol. The Labute approximate surface area is 219 Å². The van der Waals surface area contributed by atoms with Crippen molar-refractivity contribution in [2.24, 2.45) is 17.3 Å². The van der Waals surface area contributed by atoms with Crippen molar-refractivity contribution >= 4 is 34.9 Å². The van der Waals surface area contributed by atoms with Gasteiger partial charge in [0.05, 0.1) is 12.1 Å². The largest absolute Gasteiger partial charge is 0.391 e. The third-order valence-corrected chi connectivity index (χ3v) is 10.2. The fourth-order valence-electron chi connectivity index (χ4n) is 8.02. The standard InChI is InChI=1S/C29H37Cl2NO3/c1-15-11-25(34)26(32(14-15)28(35)27(30)31)17(3)20-7-8-21-22-6-5-18-12-19(33)9-10-29(18,4)24(22)13-23(21)16(20)2/h7-8,12,15,17,22,24-27,34H,5-6,9-11,13-14H2,1-4H3/t15-,17-,22-,24-,25+,26-,29-/m0/s1. The van der Waals surface area contributed by atoms with Gasteiger partial charge in [-0.15, -0.1) is 0 Å². The first-order valence-electron chi connectivity index (χ1n) is 13.2. The molecule has 7 atom stereocenters. The van der Waals surface area contributed by atoms with Crippen LogP contribution in [0.25, 0.3) is 0 Å². The number of piperidine rings is 1. The normalized spacial score (nSPS) is 35.3. The van der Waals surface area contributed by atoms with E-state index in [0.717, 1.165) is 25.7 Å². The van der Waals surface area contributed by atoms with Crippen molar-refractivity contribution < 1.29 is 14.7 Å². The third-order valence-electron chi connectivity index (χ3n) is 9.87. The van der Waals surface area contributed by atoms with Gasteiger partial charge in [-0.25, -0.2) is 0 Å². The van der Waals surface area contributed by atoms with Crippen molar-refractivity contribution in [1.82, 2.24) is 4.90 Å². The lowest BCUT2D eigenvalue weighted by Crippen LogP contribution is -2.56. The zero-order valence-corrected chi connectivity index (χ0v) is 22.7. The number of carbonyl (C=O) groups excluding carboxylic acids is 2. The smallest absolute Gasteiger partial charge is 0.256 e. The number of nitrogens with zero attached hydrogens (tertiary/aromatic N) is 1. The summed E-state index contributed by atoms with van der Waals surface area (Å²) in [4.78, 5) is 25.6. The molecule has 0 aromatic heterocycles. The highest BCUT2D eigenvalue weighted by Crippen LogP contribution is 2.60. The third kappa shape index (κ3) is 4.08. The Morgan fingerprint density at radius 2 is 2.00 bits per heavy atom. The van der Waals surface area contributed by atoms with Gasteiger partial charge in [0, 0.05) is 18.9 Å². The highest BCUT2D eigenvalue weighted by Gasteiger charge is 2.51. The number of allylic oxidation sites excluding steroid dienone is 2. The number of aliphatic hydroxyl groups is 1. The van der Waals surface area contributed by atoms with Crippen LogP contribution in [0.5, 0.6) is 0 Å². The van der Waals surface area contributed by atoms with E-state index in [1.54, 1.807) is 4.90 Å². The summed E-state index contributed by atoms with van der Waals surface area (Å²) >= 11 is 12.0. The Hall–Kier alpha value is -1.36. The van der Waals surface area contributed by atoms with Crippen LogP contribution in [0.3, 0.4) is 0 Å². The maximum absolute atomic E-state index is 12.9. The molecule has 0 spiro atoms. The number of ketones is 1. The Kier molecular flexibility index (Phi) is 6.64. The number of hydrogen-bond donors (Lipinski definition) is 1. The number of rotatable bonds is 3. The first-order chi connectivity index (χ1) is 16.5. The molecule has 1 amide bonds. The molecule has 35 heavy (non-hydrogen) atoms. The van der Waals surface area contributed by atoms with Gasteiger partial charge in [0.15, 0.2) is 10.6 Å². The van der Waals surface area contributed by atoms with Gasteiger partial charge >= 0.3 is 0 Å². The maximum Gasteiger partial charge on any atom is 0.256 e. The van der Waals surface area contributed by atoms with Crippen LogP contribution in [0, 0.1) is 24.2 Å². The molecule has 0 unspecified atom stereocenters. The zero-order valence-electron chi connectivity index (χ0n) is 21.2. The molecule has 0 radical (unpaired) electrons. The highest BCUT2D eigenvalue weighted by atomic mass is 35.5. The number of amides is 1. The van der Waals surface area contributed by atoms with Gasteiger partial charge in [0.1, 0.15) is 0 Å². The van der Waals surface area contributed by atoms with E-state index in [0.29, 0.717) is 31.2 Å². The minimum atomic E-state index is -1.13. The van der Waals surface area contributed by atoms with Gasteiger partial charge < -0.3 is 10.0 Å². The van der Waals surface area contributed by atoms with E-state index in [9.17, 15) is 14.7 Å². The predicted molar refractivity (Wildman–Crippen MR) is 140 cm³/mol. The Balaban J connectivity index is 1.48. The number of likely N-dealkylation sites (tertiary alicyclic amines) is 1. The molecule has 1 heterocycles. The van der Waals surface area contributed by atoms with Crippen molar-refractivity contribution in [2.45, 2.75) is 95.0 Å². The molecule has 190 valence electrons. The molecule has 6 heteroatoms. The van der Waals surface area contributed by atoms with E-state index in [2.05, 4.69) is 32.9 Å². The number of halogens is 2. The summed E-state index contributed by atoms with van der Waals surface area (Å²) in [5, 5.41) is 11.1. The van der Waals surface area contributed by atoms with Crippen LogP contribution in [0.1, 0.15) is 87.0 Å². The summed E-state index contributed by atoms with van der Waals surface area (Å²) in [7, 11) is 0. The Morgan fingerprint density at radius 3 is 2.71 bits per heavy atom. The second-order valence-electron chi connectivity index (χ2n) is 11.8. The number of hydrogen-bond acceptors (Lipinski definition) is 3. The molecule has 2 fully saturated rings. The van der Waals surface area contributed by atoms with Crippen LogP contribution in [0.15, 0.2) is 23.8 Å². The molecule has 4 aliphatic rings. The van der Waals surface area contributed by atoms with Gasteiger partial charge in [-0.05, 0) is 90.5 Å². The van der Waals surface area contributed by atoms with E-state index >= 15 is 0 Å². The van der Waals surface area contributed by atoms with Crippen LogP contribution < -0.4 is 0 Å². The van der Waals surface area contributed by atoms with E-state index < -0.39 is 10.9 Å². The lowest BCUT2D eigenvalue weighted by Gasteiger charge is -2.47. The number of fused-ring (bicyclic) bond motifs is 5. The van der Waals surface area contributed by atoms with Gasteiger partial charge in [-0.3, -0.25) is 9.59 Å². The summed E-state index contributed by atoms with van der Waals surface area (Å²) < 4.78 is 0. The highest BCUT2D eigenvalue weighted by molar-refractivity contribution is 6.53. The molecule has 1 N–H and O–H groups in total. The average molecular weight is 519 g/mol. The van der Waals surface area contributed by atoms with Gasteiger partial charge in [-0.2, -0.15) is 0 Å². The molecule has 0 bridgehead atoms. The molecular formula is C29H37Cl2NO3. The first kappa shape index (κ1) is 25.3. The summed E-state index contributed by atoms with van der Waals surface area (Å²) in [6.07, 6.45) is 6.76. The topological polar surface area (TPSA) is 57.6 Å². The van der Waals surface area contributed by atoms with E-state index in [1.165, 1.54) is 27.8 Å². The lowest BCUT2D eigenvalue weighted by atomic mass is 9.57. The molecule has 4 nitrogen and oxygen atoms in total. The van der Waals surface area contributed by atoms with Gasteiger partial charge in [-0.1, -0.05) is 61.7 Å². The molecule has 1 aromatic carbocycles. The Bertz CT molecular complexity index is 1080. The van der Waals surface area contributed by atoms with E-state index in [1.807, 2.05) is 13.0 Å². The zero-order chi connectivity index (χ0) is 25.2. The number of aliphatic hydroxyl groups excluding tert-OH is 1. The van der Waals surface area contributed by atoms with Crippen LogP contribution in [-0.2, 0) is 16.0 Å². The summed E-state index contributed by atoms with van der Waals surface area (Å²) in [5.74, 6) is 1.19. The molecule has 5 rings (SSSR count). The summed E-state index contributed by atoms with van der Waals surface area (Å²) in [6.45, 7) is 9.31. The molecule has 1 saturated heterocycles. The fourth-order valence-corrected chi connectivity index (χ4v) is 8.27. The van der Waals surface area contributed by atoms with Crippen molar-refractivity contribution in [3.63, 3.8) is 0 Å². The van der Waals surface area contributed by atoms with Gasteiger partial charge in [0.2, 0.25) is 0 Å². The van der Waals surface area contributed by atoms with Crippen LogP contribution >= 0.6 is 23.2 Å². The predicted octanol–water partition coefficient (Wildman–Crippen LogP) is 5.85. The van der Waals surface area contributed by atoms with Crippen molar-refractivity contribution in [1.29, 1.82) is 0 Å². The van der Waals surface area contributed by atoms with Gasteiger partial charge in [0.25, 0.3) is 5.91 Å². The molecule has 1 aromatic rings. The maximum atomic E-state index is 12.9. The molecule has 1 saturated carbocycles. The first-order valence-corrected chi connectivity index (χ1v) is 14.0. The van der Waals surface area contributed by atoms with Crippen molar-refractivity contribution in [2.75, 3.05) is 6.54 Å². The minimum absolute atomic E-state index is 0.0418. The minimum Gasteiger partial charge on any atom is -0.391 e.